The Bertz CT molecular complexity index is 3610. The average Bonchev–Trinajstić information content (AvgIpc) is 3.95. The zero-order chi connectivity index (χ0) is 41.7. The molecule has 2 aromatic heterocycles. The molecule has 12 rings (SSSR count). The Morgan fingerprint density at radius 1 is 0.381 bits per heavy atom. The third kappa shape index (κ3) is 6.74. The number of hydrogen-bond donors (Lipinski definition) is 0. The van der Waals surface area contributed by atoms with Crippen molar-refractivity contribution in [3.63, 3.8) is 0 Å². The molecular formula is C59H38N2OS. The summed E-state index contributed by atoms with van der Waals surface area (Å²) in [5.74, 6) is 0.637. The molecule has 0 N–H and O–H groups in total. The fourth-order valence-electron chi connectivity index (χ4n) is 8.99. The molecule has 12 aromatic rings. The van der Waals surface area contributed by atoms with Gasteiger partial charge in [0, 0.05) is 42.7 Å². The van der Waals surface area contributed by atoms with Gasteiger partial charge in [-0.2, -0.15) is 0 Å². The summed E-state index contributed by atoms with van der Waals surface area (Å²) in [6.07, 6.45) is 0. The molecule has 0 saturated carbocycles. The quantitative estimate of drug-likeness (QED) is 0.153. The van der Waals surface area contributed by atoms with Crippen LogP contribution >= 0.6 is 11.3 Å². The number of fused-ring (bicyclic) bond motifs is 5. The van der Waals surface area contributed by atoms with E-state index in [0.717, 1.165) is 56.0 Å². The lowest BCUT2D eigenvalue weighted by Crippen LogP contribution is -2.11. The summed E-state index contributed by atoms with van der Waals surface area (Å²) in [6.45, 7) is 0. The predicted octanol–water partition coefficient (Wildman–Crippen LogP) is 17.2. The van der Waals surface area contributed by atoms with Crippen molar-refractivity contribution in [1.82, 2.24) is 4.98 Å². The van der Waals surface area contributed by atoms with Gasteiger partial charge in [-0.1, -0.05) is 158 Å². The second-order valence-electron chi connectivity index (χ2n) is 15.9. The van der Waals surface area contributed by atoms with Crippen molar-refractivity contribution < 1.29 is 4.42 Å². The zero-order valence-corrected chi connectivity index (χ0v) is 35.0. The summed E-state index contributed by atoms with van der Waals surface area (Å²) in [5.41, 5.74) is 15.2. The van der Waals surface area contributed by atoms with Crippen LogP contribution in [0.4, 0.5) is 17.1 Å². The van der Waals surface area contributed by atoms with Crippen molar-refractivity contribution in [3.8, 4) is 56.0 Å². The van der Waals surface area contributed by atoms with Gasteiger partial charge in [-0.05, 0) is 123 Å². The number of aromatic nitrogens is 1. The summed E-state index contributed by atoms with van der Waals surface area (Å²) < 4.78 is 8.83. The van der Waals surface area contributed by atoms with Crippen LogP contribution in [0.1, 0.15) is 0 Å². The first-order valence-electron chi connectivity index (χ1n) is 21.3. The molecule has 0 unspecified atom stereocenters. The zero-order valence-electron chi connectivity index (χ0n) is 34.2. The summed E-state index contributed by atoms with van der Waals surface area (Å²) in [6, 6.07) is 82.7. The maximum atomic E-state index is 6.41. The highest BCUT2D eigenvalue weighted by atomic mass is 32.1. The van der Waals surface area contributed by atoms with Crippen molar-refractivity contribution in [2.75, 3.05) is 4.90 Å². The van der Waals surface area contributed by atoms with Gasteiger partial charge in [-0.25, -0.2) is 4.98 Å². The molecule has 0 atom stereocenters. The molecular weight excluding hydrogens is 785 g/mol. The molecule has 0 aliphatic heterocycles. The van der Waals surface area contributed by atoms with Crippen molar-refractivity contribution >= 4 is 70.4 Å². The van der Waals surface area contributed by atoms with Gasteiger partial charge >= 0.3 is 0 Å². The van der Waals surface area contributed by atoms with Gasteiger partial charge < -0.3 is 9.32 Å². The first kappa shape index (κ1) is 36.8. The van der Waals surface area contributed by atoms with Crippen LogP contribution in [0.5, 0.6) is 0 Å². The molecule has 0 saturated heterocycles. The van der Waals surface area contributed by atoms with Crippen molar-refractivity contribution in [1.29, 1.82) is 0 Å². The van der Waals surface area contributed by atoms with E-state index in [0.29, 0.717) is 5.89 Å². The van der Waals surface area contributed by atoms with Gasteiger partial charge in [0.25, 0.3) is 0 Å². The highest BCUT2D eigenvalue weighted by molar-refractivity contribution is 7.26. The minimum absolute atomic E-state index is 0.637. The Kier molecular flexibility index (Phi) is 9.02. The van der Waals surface area contributed by atoms with Gasteiger partial charge in [0.05, 0.1) is 5.69 Å². The Labute approximate surface area is 369 Å². The molecule has 0 fully saturated rings. The largest absolute Gasteiger partial charge is 0.436 e. The first-order chi connectivity index (χ1) is 31.2. The Morgan fingerprint density at radius 2 is 1.02 bits per heavy atom. The first-order valence-corrected chi connectivity index (χ1v) is 22.1. The summed E-state index contributed by atoms with van der Waals surface area (Å²) in [7, 11) is 0. The lowest BCUT2D eigenvalue weighted by Gasteiger charge is -2.29. The number of nitrogens with zero attached hydrogens (tertiary/aromatic N) is 2. The molecule has 10 aromatic carbocycles. The van der Waals surface area contributed by atoms with Crippen LogP contribution in [-0.2, 0) is 0 Å². The molecule has 4 heteroatoms. The number of oxazole rings is 1. The van der Waals surface area contributed by atoms with Crippen LogP contribution in [0.2, 0.25) is 0 Å². The average molecular weight is 823 g/mol. The monoisotopic (exact) mass is 822 g/mol. The van der Waals surface area contributed by atoms with Gasteiger partial charge in [0.2, 0.25) is 5.89 Å². The van der Waals surface area contributed by atoms with Crippen LogP contribution in [0.3, 0.4) is 0 Å². The molecule has 0 spiro atoms. The van der Waals surface area contributed by atoms with E-state index in [2.05, 4.69) is 205 Å². The minimum atomic E-state index is 0.637. The maximum absolute atomic E-state index is 6.41. The lowest BCUT2D eigenvalue weighted by molar-refractivity contribution is 0.620. The number of hydrogen-bond acceptors (Lipinski definition) is 4. The van der Waals surface area contributed by atoms with Crippen LogP contribution in [0, 0.1) is 0 Å². The van der Waals surface area contributed by atoms with E-state index in [4.69, 9.17) is 9.40 Å². The van der Waals surface area contributed by atoms with Gasteiger partial charge in [-0.3, -0.25) is 0 Å². The van der Waals surface area contributed by atoms with Crippen molar-refractivity contribution in [2.24, 2.45) is 0 Å². The van der Waals surface area contributed by atoms with Gasteiger partial charge in [0.15, 0.2) is 5.58 Å². The van der Waals surface area contributed by atoms with Crippen molar-refractivity contribution in [3.05, 3.63) is 231 Å². The van der Waals surface area contributed by atoms with Crippen LogP contribution < -0.4 is 4.90 Å². The highest BCUT2D eigenvalue weighted by Gasteiger charge is 2.21. The van der Waals surface area contributed by atoms with E-state index in [1.807, 2.05) is 30.3 Å². The molecule has 0 bridgehead atoms. The fraction of sp³-hybridized carbons (Fsp3) is 0. The highest BCUT2D eigenvalue weighted by Crippen LogP contribution is 2.47. The molecule has 0 aliphatic carbocycles. The fourth-order valence-corrected chi connectivity index (χ4v) is 10.1. The summed E-state index contributed by atoms with van der Waals surface area (Å²) in [4.78, 5) is 7.31. The van der Waals surface area contributed by atoms with E-state index >= 15 is 0 Å². The van der Waals surface area contributed by atoms with E-state index in [9.17, 15) is 0 Å². The van der Waals surface area contributed by atoms with Crippen LogP contribution in [0.15, 0.2) is 235 Å². The molecule has 3 nitrogen and oxygen atoms in total. The summed E-state index contributed by atoms with van der Waals surface area (Å²) in [5, 5.41) is 4.86. The molecule has 0 amide bonds. The number of anilines is 3. The molecule has 2 heterocycles. The molecule has 0 radical (unpaired) electrons. The Hall–Kier alpha value is -8.05. The second kappa shape index (κ2) is 15.4. The Balaban J connectivity index is 1.03. The maximum Gasteiger partial charge on any atom is 0.227 e. The smallest absolute Gasteiger partial charge is 0.227 e. The second-order valence-corrected chi connectivity index (χ2v) is 17.0. The van der Waals surface area contributed by atoms with E-state index < -0.39 is 0 Å². The van der Waals surface area contributed by atoms with E-state index in [1.165, 1.54) is 53.2 Å². The molecule has 296 valence electrons. The number of thiophene rings is 1. The van der Waals surface area contributed by atoms with Gasteiger partial charge in [0.1, 0.15) is 5.52 Å². The van der Waals surface area contributed by atoms with Crippen LogP contribution in [0.25, 0.3) is 98.0 Å². The predicted molar refractivity (Wildman–Crippen MR) is 266 cm³/mol. The van der Waals surface area contributed by atoms with E-state index in [1.54, 1.807) is 11.3 Å². The third-order valence-electron chi connectivity index (χ3n) is 12.1. The molecule has 63 heavy (non-hydrogen) atoms. The third-order valence-corrected chi connectivity index (χ3v) is 13.2. The van der Waals surface area contributed by atoms with Gasteiger partial charge in [-0.15, -0.1) is 11.3 Å². The van der Waals surface area contributed by atoms with Crippen molar-refractivity contribution in [2.45, 2.75) is 0 Å². The SMILES string of the molecule is c1ccc(-c2ccc(N(c3cccc(-c4ccc5ccccc5c4)c3)c3ccc(-c4cccc5sc6cc7nc(-c8ccccc8)oc7cc6c45)cc3-c3ccccc3)cc2)cc1. The topological polar surface area (TPSA) is 29.3 Å². The minimum Gasteiger partial charge on any atom is -0.436 e. The Morgan fingerprint density at radius 3 is 1.81 bits per heavy atom. The normalized spacial score (nSPS) is 11.5. The van der Waals surface area contributed by atoms with Crippen LogP contribution in [-0.4, -0.2) is 4.98 Å². The summed E-state index contributed by atoms with van der Waals surface area (Å²) >= 11 is 1.80. The molecule has 0 aliphatic rings. The van der Waals surface area contributed by atoms with E-state index in [-0.39, 0.29) is 0 Å². The number of benzene rings is 10. The standard InChI is InChI=1S/C59H38N2OS/c1-4-14-39(15-5-1)41-28-31-48(32-29-41)61(49-23-12-22-45(35-49)46-27-26-40-16-10-11-21-44(40)34-46)54-33-30-47(36-51(54)42-17-6-2-7-18-42)50-24-13-25-56-58(50)52-37-55-53(38-57(52)63-56)60-59(62-55)43-19-8-3-9-20-43/h1-38H. The lowest BCUT2D eigenvalue weighted by atomic mass is 9.93. The number of rotatable bonds is 8.